The molecular weight excluding hydrogens is 448 g/mol. The van der Waals surface area contributed by atoms with Crippen molar-refractivity contribution in [3.8, 4) is 28.6 Å². The topological polar surface area (TPSA) is 78.3 Å². The monoisotopic (exact) mass is 474 g/mol. The third kappa shape index (κ3) is 5.23. The number of aryl methyl sites for hydroxylation is 2. The molecular formula is C26H26N4O3S. The van der Waals surface area contributed by atoms with E-state index >= 15 is 0 Å². The molecule has 0 unspecified atom stereocenters. The summed E-state index contributed by atoms with van der Waals surface area (Å²) in [6.45, 7) is 4.09. The first-order valence-electron chi connectivity index (χ1n) is 10.7. The molecule has 0 saturated heterocycles. The largest absolute Gasteiger partial charge is 0.497 e. The SMILES string of the molecule is COc1ccc(OC)c(NC(=O)CSc2nnc(-c3ccc(C)cc3)n2-c2ccc(C)cc2)c1. The van der Waals surface area contributed by atoms with Crippen LogP contribution in [0.25, 0.3) is 17.1 Å². The summed E-state index contributed by atoms with van der Waals surface area (Å²) in [5.41, 5.74) is 4.77. The Morgan fingerprint density at radius 1 is 0.912 bits per heavy atom. The van der Waals surface area contributed by atoms with Crippen LogP contribution >= 0.6 is 11.8 Å². The Morgan fingerprint density at radius 2 is 1.59 bits per heavy atom. The zero-order valence-electron chi connectivity index (χ0n) is 19.5. The van der Waals surface area contributed by atoms with Crippen LogP contribution in [0, 0.1) is 13.8 Å². The molecule has 0 aliphatic rings. The van der Waals surface area contributed by atoms with Crippen molar-refractivity contribution in [2.75, 3.05) is 25.3 Å². The summed E-state index contributed by atoms with van der Waals surface area (Å²) in [5.74, 6) is 1.88. The highest BCUT2D eigenvalue weighted by molar-refractivity contribution is 7.99. The summed E-state index contributed by atoms with van der Waals surface area (Å²) in [4.78, 5) is 12.8. The number of ether oxygens (including phenoxy) is 2. The summed E-state index contributed by atoms with van der Waals surface area (Å²) < 4.78 is 12.6. The molecule has 1 heterocycles. The van der Waals surface area contributed by atoms with E-state index in [4.69, 9.17) is 9.47 Å². The van der Waals surface area contributed by atoms with Gasteiger partial charge in [0.2, 0.25) is 5.91 Å². The highest BCUT2D eigenvalue weighted by Gasteiger charge is 2.18. The first kappa shape index (κ1) is 23.4. The lowest BCUT2D eigenvalue weighted by Gasteiger charge is -2.12. The van der Waals surface area contributed by atoms with E-state index in [2.05, 4.69) is 15.5 Å². The maximum Gasteiger partial charge on any atom is 0.234 e. The molecule has 0 spiro atoms. The first-order chi connectivity index (χ1) is 16.5. The fourth-order valence-corrected chi connectivity index (χ4v) is 4.16. The minimum absolute atomic E-state index is 0.151. The molecule has 0 radical (unpaired) electrons. The summed E-state index contributed by atoms with van der Waals surface area (Å²) in [6, 6.07) is 21.6. The third-order valence-electron chi connectivity index (χ3n) is 5.25. The van der Waals surface area contributed by atoms with Gasteiger partial charge >= 0.3 is 0 Å². The van der Waals surface area contributed by atoms with Crippen molar-refractivity contribution in [3.63, 3.8) is 0 Å². The zero-order chi connectivity index (χ0) is 24.1. The standard InChI is InChI=1S/C26H26N4O3S/c1-17-5-9-19(10-6-17)25-28-29-26(30(25)20-11-7-18(2)8-12-20)34-16-24(31)27-22-15-21(32-3)13-14-23(22)33-4/h5-15H,16H2,1-4H3,(H,27,31). The van der Waals surface area contributed by atoms with E-state index < -0.39 is 0 Å². The van der Waals surface area contributed by atoms with Gasteiger partial charge < -0.3 is 14.8 Å². The van der Waals surface area contributed by atoms with Crippen molar-refractivity contribution in [2.45, 2.75) is 19.0 Å². The van der Waals surface area contributed by atoms with Gasteiger partial charge in [0, 0.05) is 17.3 Å². The van der Waals surface area contributed by atoms with Crippen molar-refractivity contribution in [3.05, 3.63) is 77.9 Å². The van der Waals surface area contributed by atoms with Gasteiger partial charge in [0.15, 0.2) is 11.0 Å². The second-order valence-electron chi connectivity index (χ2n) is 7.75. The molecule has 7 nitrogen and oxygen atoms in total. The molecule has 4 aromatic rings. The number of nitrogens with zero attached hydrogens (tertiary/aromatic N) is 3. The molecule has 1 aromatic heterocycles. The molecule has 3 aromatic carbocycles. The van der Waals surface area contributed by atoms with Crippen LogP contribution in [-0.4, -0.2) is 40.6 Å². The number of anilines is 1. The van der Waals surface area contributed by atoms with Crippen molar-refractivity contribution in [1.82, 2.24) is 14.8 Å². The van der Waals surface area contributed by atoms with Crippen LogP contribution in [0.5, 0.6) is 11.5 Å². The molecule has 0 fully saturated rings. The van der Waals surface area contributed by atoms with Crippen LogP contribution in [0.1, 0.15) is 11.1 Å². The van der Waals surface area contributed by atoms with Crippen molar-refractivity contribution < 1.29 is 14.3 Å². The van der Waals surface area contributed by atoms with E-state index in [0.717, 1.165) is 22.6 Å². The number of carbonyl (C=O) groups excluding carboxylic acids is 1. The van der Waals surface area contributed by atoms with Crippen LogP contribution in [-0.2, 0) is 4.79 Å². The molecule has 4 rings (SSSR count). The van der Waals surface area contributed by atoms with Crippen molar-refractivity contribution in [1.29, 1.82) is 0 Å². The van der Waals surface area contributed by atoms with E-state index in [9.17, 15) is 4.79 Å². The van der Waals surface area contributed by atoms with E-state index in [1.54, 1.807) is 32.4 Å². The second-order valence-corrected chi connectivity index (χ2v) is 8.69. The lowest BCUT2D eigenvalue weighted by molar-refractivity contribution is -0.113. The second kappa shape index (κ2) is 10.4. The number of nitrogens with one attached hydrogen (secondary N) is 1. The van der Waals surface area contributed by atoms with E-state index in [0.29, 0.717) is 22.3 Å². The maximum absolute atomic E-state index is 12.8. The van der Waals surface area contributed by atoms with Gasteiger partial charge in [-0.15, -0.1) is 10.2 Å². The Balaban J connectivity index is 1.59. The minimum Gasteiger partial charge on any atom is -0.497 e. The number of benzene rings is 3. The molecule has 8 heteroatoms. The van der Waals surface area contributed by atoms with Crippen LogP contribution in [0.15, 0.2) is 71.9 Å². The maximum atomic E-state index is 12.8. The lowest BCUT2D eigenvalue weighted by Crippen LogP contribution is -2.15. The summed E-state index contributed by atoms with van der Waals surface area (Å²) in [6.07, 6.45) is 0. The predicted molar refractivity (Wildman–Crippen MR) is 135 cm³/mol. The number of methoxy groups -OCH3 is 2. The number of thioether (sulfide) groups is 1. The normalized spacial score (nSPS) is 10.7. The molecule has 0 saturated carbocycles. The third-order valence-corrected chi connectivity index (χ3v) is 6.18. The van der Waals surface area contributed by atoms with Gasteiger partial charge in [-0.25, -0.2) is 0 Å². The molecule has 0 bridgehead atoms. The predicted octanol–water partition coefficient (Wildman–Crippen LogP) is 5.30. The van der Waals surface area contributed by atoms with Crippen LogP contribution in [0.4, 0.5) is 5.69 Å². The number of rotatable bonds is 8. The lowest BCUT2D eigenvalue weighted by atomic mass is 10.1. The Labute approximate surface area is 203 Å². The van der Waals surface area contributed by atoms with Gasteiger partial charge in [0.1, 0.15) is 11.5 Å². The minimum atomic E-state index is -0.188. The van der Waals surface area contributed by atoms with E-state index in [1.807, 2.05) is 66.9 Å². The average molecular weight is 475 g/mol. The Hall–Kier alpha value is -3.78. The van der Waals surface area contributed by atoms with Gasteiger partial charge in [0.05, 0.1) is 25.7 Å². The van der Waals surface area contributed by atoms with Gasteiger partial charge in [-0.3, -0.25) is 9.36 Å². The zero-order valence-corrected chi connectivity index (χ0v) is 20.3. The van der Waals surface area contributed by atoms with Crippen LogP contribution in [0.2, 0.25) is 0 Å². The van der Waals surface area contributed by atoms with Gasteiger partial charge in [-0.2, -0.15) is 0 Å². The number of aromatic nitrogens is 3. The summed E-state index contributed by atoms with van der Waals surface area (Å²) in [5, 5.41) is 12.4. The molecule has 34 heavy (non-hydrogen) atoms. The van der Waals surface area contributed by atoms with Gasteiger partial charge in [-0.05, 0) is 38.1 Å². The quantitative estimate of drug-likeness (QED) is 0.349. The van der Waals surface area contributed by atoms with E-state index in [-0.39, 0.29) is 11.7 Å². The molecule has 1 N–H and O–H groups in total. The molecule has 174 valence electrons. The number of carbonyl (C=O) groups is 1. The van der Waals surface area contributed by atoms with Crippen LogP contribution in [0.3, 0.4) is 0 Å². The fourth-order valence-electron chi connectivity index (χ4n) is 3.41. The number of amides is 1. The van der Waals surface area contributed by atoms with E-state index in [1.165, 1.54) is 17.3 Å². The molecule has 0 aliphatic heterocycles. The Kier molecular flexibility index (Phi) is 7.18. The first-order valence-corrected chi connectivity index (χ1v) is 11.7. The summed E-state index contributed by atoms with van der Waals surface area (Å²) in [7, 11) is 3.13. The van der Waals surface area contributed by atoms with Crippen LogP contribution < -0.4 is 14.8 Å². The highest BCUT2D eigenvalue weighted by atomic mass is 32.2. The van der Waals surface area contributed by atoms with Gasteiger partial charge in [0.25, 0.3) is 0 Å². The average Bonchev–Trinajstić information content (AvgIpc) is 3.27. The Morgan fingerprint density at radius 3 is 2.24 bits per heavy atom. The summed E-state index contributed by atoms with van der Waals surface area (Å²) >= 11 is 1.32. The number of hydrogen-bond donors (Lipinski definition) is 1. The van der Waals surface area contributed by atoms with Gasteiger partial charge in [-0.1, -0.05) is 59.3 Å². The molecule has 1 amide bonds. The smallest absolute Gasteiger partial charge is 0.234 e. The fraction of sp³-hybridized carbons (Fsp3) is 0.192. The molecule has 0 atom stereocenters. The number of hydrogen-bond acceptors (Lipinski definition) is 6. The molecule has 0 aliphatic carbocycles. The highest BCUT2D eigenvalue weighted by Crippen LogP contribution is 2.31. The Bertz CT molecular complexity index is 1280. The van der Waals surface area contributed by atoms with Crippen molar-refractivity contribution in [2.24, 2.45) is 0 Å². The van der Waals surface area contributed by atoms with Crippen molar-refractivity contribution >= 4 is 23.4 Å².